The Morgan fingerprint density at radius 1 is 0.432 bits per heavy atom. The van der Waals surface area contributed by atoms with Crippen molar-refractivity contribution >= 4 is 34.3 Å². The predicted molar refractivity (Wildman–Crippen MR) is 165 cm³/mol. The van der Waals surface area contributed by atoms with E-state index in [9.17, 15) is 28.0 Å². The zero-order chi connectivity index (χ0) is 31.1. The van der Waals surface area contributed by atoms with Gasteiger partial charge in [-0.05, 0) is 71.5 Å². The number of benzene rings is 4. The number of Topliss-reactive ketones (excluding diaryl/α,β-unsaturated/α-hetero) is 4. The maximum Gasteiger partial charge on any atom is 0.195 e. The molecule has 0 amide bonds. The molecule has 218 valence electrons. The first kappa shape index (κ1) is 29.0. The highest BCUT2D eigenvalue weighted by atomic mass is 19.1. The first-order valence-corrected chi connectivity index (χ1v) is 14.7. The summed E-state index contributed by atoms with van der Waals surface area (Å²) in [5, 5.41) is 0. The molecule has 0 aliphatic heterocycles. The topological polar surface area (TPSA) is 68.3 Å². The molecule has 6 heteroatoms. The van der Waals surface area contributed by atoms with Crippen molar-refractivity contribution in [2.45, 2.75) is 39.5 Å². The molecule has 0 unspecified atom stereocenters. The van der Waals surface area contributed by atoms with Gasteiger partial charge in [-0.2, -0.15) is 0 Å². The van der Waals surface area contributed by atoms with Crippen molar-refractivity contribution in [2.24, 2.45) is 0 Å². The van der Waals surface area contributed by atoms with Gasteiger partial charge in [-0.15, -0.1) is 0 Å². The third kappa shape index (κ3) is 4.86. The third-order valence-corrected chi connectivity index (χ3v) is 8.16. The Kier molecular flexibility index (Phi) is 7.60. The van der Waals surface area contributed by atoms with Gasteiger partial charge >= 0.3 is 0 Å². The van der Waals surface area contributed by atoms with Crippen molar-refractivity contribution in [3.05, 3.63) is 152 Å². The maximum absolute atomic E-state index is 14.5. The fraction of sp³-hybridized carbons (Fsp3) is 0.158. The number of halogens is 2. The molecule has 0 spiro atoms. The average Bonchev–Trinajstić information content (AvgIpc) is 3.02. The quantitative estimate of drug-likeness (QED) is 0.219. The van der Waals surface area contributed by atoms with Crippen LogP contribution in [0.2, 0.25) is 0 Å². The summed E-state index contributed by atoms with van der Waals surface area (Å²) in [4.78, 5) is 57.1. The van der Waals surface area contributed by atoms with Crippen LogP contribution in [0.3, 0.4) is 0 Å². The van der Waals surface area contributed by atoms with Crippen molar-refractivity contribution in [1.82, 2.24) is 0 Å². The molecule has 0 bridgehead atoms. The number of hydrogen-bond donors (Lipinski definition) is 0. The van der Waals surface area contributed by atoms with E-state index in [1.807, 2.05) is 38.1 Å². The summed E-state index contributed by atoms with van der Waals surface area (Å²) in [6.45, 7) is 4.09. The molecule has 0 aromatic heterocycles. The third-order valence-electron chi connectivity index (χ3n) is 8.16. The Hall–Kier alpha value is -5.10. The van der Waals surface area contributed by atoms with Crippen LogP contribution in [0.25, 0.3) is 11.1 Å². The molecule has 6 rings (SSSR count). The molecule has 0 heterocycles. The molecule has 0 fully saturated rings. The highest BCUT2D eigenvalue weighted by Gasteiger charge is 2.42. The minimum absolute atomic E-state index is 0.000109. The van der Waals surface area contributed by atoms with E-state index >= 15 is 0 Å². The lowest BCUT2D eigenvalue weighted by molar-refractivity contribution is 0.0969. The molecule has 2 aliphatic rings. The molecule has 4 nitrogen and oxygen atoms in total. The van der Waals surface area contributed by atoms with Gasteiger partial charge in [0.15, 0.2) is 23.1 Å². The van der Waals surface area contributed by atoms with Crippen molar-refractivity contribution in [3.8, 4) is 0 Å². The van der Waals surface area contributed by atoms with Crippen molar-refractivity contribution in [3.63, 3.8) is 0 Å². The number of ketones is 4. The van der Waals surface area contributed by atoms with E-state index in [1.165, 1.54) is 12.1 Å². The van der Waals surface area contributed by atoms with Gasteiger partial charge in [0.2, 0.25) is 0 Å². The fourth-order valence-corrected chi connectivity index (χ4v) is 6.08. The van der Waals surface area contributed by atoms with E-state index in [-0.39, 0.29) is 44.5 Å². The van der Waals surface area contributed by atoms with Crippen LogP contribution in [0.1, 0.15) is 90.4 Å². The maximum atomic E-state index is 14.5. The van der Waals surface area contributed by atoms with Gasteiger partial charge in [0.05, 0.1) is 0 Å². The Morgan fingerprint density at radius 2 is 0.773 bits per heavy atom. The summed E-state index contributed by atoms with van der Waals surface area (Å²) in [7, 11) is 0. The van der Waals surface area contributed by atoms with E-state index in [0.29, 0.717) is 11.1 Å². The van der Waals surface area contributed by atoms with Crippen molar-refractivity contribution in [2.75, 3.05) is 0 Å². The molecule has 2 aliphatic carbocycles. The average molecular weight is 587 g/mol. The van der Waals surface area contributed by atoms with Crippen LogP contribution in [0, 0.1) is 11.6 Å². The number of fused-ring (bicyclic) bond motifs is 2. The van der Waals surface area contributed by atoms with Crippen LogP contribution in [0.4, 0.5) is 8.78 Å². The lowest BCUT2D eigenvalue weighted by Gasteiger charge is -2.27. The Morgan fingerprint density at radius 3 is 1.11 bits per heavy atom. The Balaban J connectivity index is 1.70. The summed E-state index contributed by atoms with van der Waals surface area (Å²) in [5.74, 6) is -4.13. The summed E-state index contributed by atoms with van der Waals surface area (Å²) >= 11 is 0. The minimum atomic E-state index is -0.761. The summed E-state index contributed by atoms with van der Waals surface area (Å²) in [6, 6.07) is 20.9. The van der Waals surface area contributed by atoms with Crippen molar-refractivity contribution in [1.29, 1.82) is 0 Å². The molecule has 4 aromatic rings. The SMILES string of the molecule is CCCc1ccc(C2=C(C3=C(c4ccc(CCC)cc4)C(=O)c4ccc(F)cc4C3=O)C(=O)c3cc(F)ccc3C2=O)cc1. The molecule has 4 aromatic carbocycles. The van der Waals surface area contributed by atoms with E-state index in [1.54, 1.807) is 24.3 Å². The van der Waals surface area contributed by atoms with Crippen LogP contribution in [-0.4, -0.2) is 23.1 Å². The number of hydrogen-bond acceptors (Lipinski definition) is 4. The molecule has 0 N–H and O–H groups in total. The molecule has 44 heavy (non-hydrogen) atoms. The van der Waals surface area contributed by atoms with Crippen LogP contribution in [0.5, 0.6) is 0 Å². The van der Waals surface area contributed by atoms with E-state index in [2.05, 4.69) is 0 Å². The van der Waals surface area contributed by atoms with Crippen LogP contribution in [0.15, 0.2) is 96.1 Å². The molecular formula is C38H28F2O4. The second kappa shape index (κ2) is 11.5. The van der Waals surface area contributed by atoms with E-state index in [4.69, 9.17) is 0 Å². The fourth-order valence-electron chi connectivity index (χ4n) is 6.08. The summed E-state index contributed by atoms with van der Waals surface area (Å²) in [5.41, 5.74) is 1.69. The molecule has 0 saturated carbocycles. The molecule has 0 atom stereocenters. The first-order valence-electron chi connectivity index (χ1n) is 14.7. The van der Waals surface area contributed by atoms with Gasteiger partial charge in [0, 0.05) is 44.5 Å². The largest absolute Gasteiger partial charge is 0.289 e. The lowest BCUT2D eigenvalue weighted by atomic mass is 9.71. The summed E-state index contributed by atoms with van der Waals surface area (Å²) in [6.07, 6.45) is 3.42. The monoisotopic (exact) mass is 586 g/mol. The Labute approximate surface area is 253 Å². The lowest BCUT2D eigenvalue weighted by Crippen LogP contribution is -2.29. The molecular weight excluding hydrogens is 558 g/mol. The van der Waals surface area contributed by atoms with Gasteiger partial charge in [0.1, 0.15) is 11.6 Å². The number of carbonyl (C=O) groups is 4. The molecule has 0 radical (unpaired) electrons. The van der Waals surface area contributed by atoms with Crippen LogP contribution in [-0.2, 0) is 12.8 Å². The van der Waals surface area contributed by atoms with E-state index < -0.39 is 34.8 Å². The Bertz CT molecular complexity index is 1800. The van der Waals surface area contributed by atoms with Gasteiger partial charge in [-0.25, -0.2) is 8.78 Å². The van der Waals surface area contributed by atoms with Gasteiger partial charge < -0.3 is 0 Å². The zero-order valence-electron chi connectivity index (χ0n) is 24.3. The zero-order valence-corrected chi connectivity index (χ0v) is 24.3. The van der Waals surface area contributed by atoms with Gasteiger partial charge in [-0.1, -0.05) is 75.2 Å². The standard InChI is InChI=1S/C38H28F2O4/c1-3-5-21-7-11-23(12-8-21)31-33(37(43)29-19-25(39)15-17-27(29)35(31)41)34-32(24-13-9-22(6-4-2)10-14-24)36(42)28-18-16-26(40)20-30(28)38(34)44/h7-20H,3-6H2,1-2H3. The predicted octanol–water partition coefficient (Wildman–Crippen LogP) is 8.24. The smallest absolute Gasteiger partial charge is 0.195 e. The highest BCUT2D eigenvalue weighted by molar-refractivity contribution is 6.49. The van der Waals surface area contributed by atoms with Crippen LogP contribution < -0.4 is 0 Å². The van der Waals surface area contributed by atoms with Crippen molar-refractivity contribution < 1.29 is 28.0 Å². The first-order chi connectivity index (χ1) is 21.2. The van der Waals surface area contributed by atoms with Gasteiger partial charge in [-0.3, -0.25) is 19.2 Å². The number of allylic oxidation sites excluding steroid dienone is 4. The second-order valence-electron chi connectivity index (χ2n) is 11.1. The second-order valence-corrected chi connectivity index (χ2v) is 11.1. The minimum Gasteiger partial charge on any atom is -0.289 e. The van der Waals surface area contributed by atoms with Gasteiger partial charge in [0.25, 0.3) is 0 Å². The van der Waals surface area contributed by atoms with Crippen LogP contribution >= 0.6 is 0 Å². The number of aryl methyl sites for hydroxylation is 2. The van der Waals surface area contributed by atoms with E-state index in [0.717, 1.165) is 61.1 Å². The number of rotatable bonds is 7. The normalized spacial score (nSPS) is 14.7. The number of carbonyl (C=O) groups excluding carboxylic acids is 4. The highest BCUT2D eigenvalue weighted by Crippen LogP contribution is 2.43. The summed E-state index contributed by atoms with van der Waals surface area (Å²) < 4.78 is 28.9. The molecule has 0 saturated heterocycles.